The highest BCUT2D eigenvalue weighted by atomic mass is 16.5. The zero-order chi connectivity index (χ0) is 12.9. The maximum Gasteiger partial charge on any atom is 0.305 e. The van der Waals surface area contributed by atoms with Gasteiger partial charge in [0.2, 0.25) is 5.91 Å². The molecular formula is C11H20N2O4. The Labute approximate surface area is 101 Å². The SMILES string of the molecule is CCN(CCC(=O)O)C(=O)COC1(C)CNC1. The molecule has 1 saturated heterocycles. The number of carboxylic acids is 1. The zero-order valence-electron chi connectivity index (χ0n) is 10.4. The van der Waals surface area contributed by atoms with Gasteiger partial charge in [-0.25, -0.2) is 0 Å². The standard InChI is InChI=1S/C11H20N2O4/c1-3-13(5-4-10(15)16)9(14)6-17-11(2)7-12-8-11/h12H,3-8H2,1-2H3,(H,15,16). The maximum absolute atomic E-state index is 11.8. The van der Waals surface area contributed by atoms with Crippen LogP contribution in [0, 0.1) is 0 Å². The second-order valence-corrected chi connectivity index (χ2v) is 4.46. The zero-order valence-corrected chi connectivity index (χ0v) is 10.4. The van der Waals surface area contributed by atoms with Crippen molar-refractivity contribution in [3.63, 3.8) is 0 Å². The summed E-state index contributed by atoms with van der Waals surface area (Å²) in [6.45, 7) is 6.04. The number of rotatable bonds is 7. The normalized spacial score (nSPS) is 17.3. The van der Waals surface area contributed by atoms with Crippen molar-refractivity contribution in [1.82, 2.24) is 10.2 Å². The number of carbonyl (C=O) groups excluding carboxylic acids is 1. The van der Waals surface area contributed by atoms with Gasteiger partial charge in [0.1, 0.15) is 6.61 Å². The highest BCUT2D eigenvalue weighted by molar-refractivity contribution is 5.78. The lowest BCUT2D eigenvalue weighted by atomic mass is 10.0. The molecule has 0 aromatic rings. The van der Waals surface area contributed by atoms with E-state index in [0.717, 1.165) is 13.1 Å². The second kappa shape index (κ2) is 5.97. The van der Waals surface area contributed by atoms with Gasteiger partial charge in [0, 0.05) is 26.2 Å². The summed E-state index contributed by atoms with van der Waals surface area (Å²) >= 11 is 0. The van der Waals surface area contributed by atoms with Gasteiger partial charge in [0.05, 0.1) is 12.0 Å². The van der Waals surface area contributed by atoms with Crippen molar-refractivity contribution in [2.75, 3.05) is 32.8 Å². The Hall–Kier alpha value is -1.14. The first kappa shape index (κ1) is 13.9. The molecule has 0 aliphatic carbocycles. The van der Waals surface area contributed by atoms with Crippen LogP contribution in [0.5, 0.6) is 0 Å². The third-order valence-corrected chi connectivity index (χ3v) is 2.87. The smallest absolute Gasteiger partial charge is 0.305 e. The molecule has 0 saturated carbocycles. The van der Waals surface area contributed by atoms with Gasteiger partial charge >= 0.3 is 5.97 Å². The molecule has 17 heavy (non-hydrogen) atoms. The van der Waals surface area contributed by atoms with E-state index in [1.807, 2.05) is 13.8 Å². The fraction of sp³-hybridized carbons (Fsp3) is 0.818. The van der Waals surface area contributed by atoms with Gasteiger partial charge in [-0.1, -0.05) is 0 Å². The van der Waals surface area contributed by atoms with E-state index < -0.39 is 5.97 Å². The summed E-state index contributed by atoms with van der Waals surface area (Å²) in [6.07, 6.45) is -0.0294. The summed E-state index contributed by atoms with van der Waals surface area (Å²) in [7, 11) is 0. The molecule has 0 atom stereocenters. The predicted octanol–water partition coefficient (Wildman–Crippen LogP) is -0.312. The van der Waals surface area contributed by atoms with Crippen LogP contribution in [0.25, 0.3) is 0 Å². The highest BCUT2D eigenvalue weighted by Gasteiger charge is 2.33. The Kier molecular flexibility index (Phi) is 4.89. The minimum absolute atomic E-state index is 0.0195. The minimum Gasteiger partial charge on any atom is -0.481 e. The Morgan fingerprint density at radius 3 is 2.53 bits per heavy atom. The van der Waals surface area contributed by atoms with E-state index in [9.17, 15) is 9.59 Å². The predicted molar refractivity (Wildman–Crippen MR) is 61.7 cm³/mol. The van der Waals surface area contributed by atoms with Crippen LogP contribution in [0.2, 0.25) is 0 Å². The largest absolute Gasteiger partial charge is 0.481 e. The van der Waals surface area contributed by atoms with Crippen LogP contribution in [0.3, 0.4) is 0 Å². The van der Waals surface area contributed by atoms with Gasteiger partial charge in [-0.05, 0) is 13.8 Å². The average Bonchev–Trinajstić information content (AvgIpc) is 2.24. The van der Waals surface area contributed by atoms with E-state index in [0.29, 0.717) is 6.54 Å². The molecule has 1 rings (SSSR count). The third kappa shape index (κ3) is 4.32. The van der Waals surface area contributed by atoms with E-state index in [4.69, 9.17) is 9.84 Å². The van der Waals surface area contributed by atoms with Gasteiger partial charge in [-0.3, -0.25) is 9.59 Å². The molecule has 2 N–H and O–H groups in total. The number of ether oxygens (including phenoxy) is 1. The first-order valence-electron chi connectivity index (χ1n) is 5.81. The summed E-state index contributed by atoms with van der Waals surface area (Å²) in [5.74, 6) is -1.05. The molecule has 1 aliphatic heterocycles. The fourth-order valence-electron chi connectivity index (χ4n) is 1.60. The molecule has 0 spiro atoms. The summed E-state index contributed by atoms with van der Waals surface area (Å²) in [5.41, 5.74) is -0.248. The third-order valence-electron chi connectivity index (χ3n) is 2.87. The van der Waals surface area contributed by atoms with E-state index in [-0.39, 0.29) is 31.1 Å². The number of nitrogens with one attached hydrogen (secondary N) is 1. The molecule has 1 heterocycles. The lowest BCUT2D eigenvalue weighted by Gasteiger charge is -2.39. The first-order chi connectivity index (χ1) is 7.97. The lowest BCUT2D eigenvalue weighted by Crippen LogP contribution is -2.59. The van der Waals surface area contributed by atoms with Crippen molar-refractivity contribution < 1.29 is 19.4 Å². The number of aliphatic carboxylic acids is 1. The molecular weight excluding hydrogens is 224 g/mol. The van der Waals surface area contributed by atoms with Gasteiger partial charge < -0.3 is 20.1 Å². The number of carbonyl (C=O) groups is 2. The van der Waals surface area contributed by atoms with Gasteiger partial charge in [0.25, 0.3) is 0 Å². The van der Waals surface area contributed by atoms with Crippen molar-refractivity contribution in [3.8, 4) is 0 Å². The van der Waals surface area contributed by atoms with Gasteiger partial charge in [-0.2, -0.15) is 0 Å². The molecule has 1 aliphatic rings. The average molecular weight is 244 g/mol. The monoisotopic (exact) mass is 244 g/mol. The molecule has 6 heteroatoms. The van der Waals surface area contributed by atoms with Crippen LogP contribution >= 0.6 is 0 Å². The van der Waals surface area contributed by atoms with Gasteiger partial charge in [0.15, 0.2) is 0 Å². The van der Waals surface area contributed by atoms with Crippen molar-refractivity contribution in [3.05, 3.63) is 0 Å². The van der Waals surface area contributed by atoms with Crippen LogP contribution in [-0.4, -0.2) is 60.3 Å². The van der Waals surface area contributed by atoms with Crippen molar-refractivity contribution in [2.45, 2.75) is 25.9 Å². The van der Waals surface area contributed by atoms with Crippen LogP contribution in [0.15, 0.2) is 0 Å². The minimum atomic E-state index is -0.896. The molecule has 6 nitrogen and oxygen atoms in total. The van der Waals surface area contributed by atoms with Crippen LogP contribution in [0.1, 0.15) is 20.3 Å². The number of nitrogens with zero attached hydrogens (tertiary/aromatic N) is 1. The lowest BCUT2D eigenvalue weighted by molar-refractivity contribution is -0.146. The van der Waals surface area contributed by atoms with E-state index in [2.05, 4.69) is 5.32 Å². The quantitative estimate of drug-likeness (QED) is 0.642. The molecule has 98 valence electrons. The molecule has 0 bridgehead atoms. The molecule has 0 aromatic heterocycles. The van der Waals surface area contributed by atoms with Gasteiger partial charge in [-0.15, -0.1) is 0 Å². The number of hydrogen-bond acceptors (Lipinski definition) is 4. The van der Waals surface area contributed by atoms with Crippen LogP contribution in [0.4, 0.5) is 0 Å². The fourth-order valence-corrected chi connectivity index (χ4v) is 1.60. The summed E-state index contributed by atoms with van der Waals surface area (Å²) in [5, 5.41) is 11.6. The number of carboxylic acid groups (broad SMARTS) is 1. The first-order valence-corrected chi connectivity index (χ1v) is 5.81. The van der Waals surface area contributed by atoms with Crippen molar-refractivity contribution in [2.24, 2.45) is 0 Å². The Balaban J connectivity index is 2.30. The number of likely N-dealkylation sites (N-methyl/N-ethyl adjacent to an activating group) is 1. The topological polar surface area (TPSA) is 78.9 Å². The summed E-state index contributed by atoms with van der Waals surface area (Å²) in [4.78, 5) is 23.7. The Morgan fingerprint density at radius 2 is 2.12 bits per heavy atom. The van der Waals surface area contributed by atoms with E-state index >= 15 is 0 Å². The van der Waals surface area contributed by atoms with Crippen LogP contribution < -0.4 is 5.32 Å². The number of amides is 1. The highest BCUT2D eigenvalue weighted by Crippen LogP contribution is 2.15. The number of hydrogen-bond donors (Lipinski definition) is 2. The van der Waals surface area contributed by atoms with Crippen molar-refractivity contribution in [1.29, 1.82) is 0 Å². The van der Waals surface area contributed by atoms with Crippen LogP contribution in [-0.2, 0) is 14.3 Å². The summed E-state index contributed by atoms with van der Waals surface area (Å²) < 4.78 is 5.52. The molecule has 0 unspecified atom stereocenters. The second-order valence-electron chi connectivity index (χ2n) is 4.46. The Bertz CT molecular complexity index is 289. The van der Waals surface area contributed by atoms with E-state index in [1.165, 1.54) is 4.90 Å². The molecule has 0 radical (unpaired) electrons. The molecule has 1 amide bonds. The summed E-state index contributed by atoms with van der Waals surface area (Å²) in [6, 6.07) is 0. The van der Waals surface area contributed by atoms with E-state index in [1.54, 1.807) is 0 Å². The Morgan fingerprint density at radius 1 is 1.47 bits per heavy atom. The maximum atomic E-state index is 11.8. The van der Waals surface area contributed by atoms with Crippen molar-refractivity contribution >= 4 is 11.9 Å². The molecule has 1 fully saturated rings. The molecule has 0 aromatic carbocycles.